The first-order valence-corrected chi connectivity index (χ1v) is 9.55. The highest BCUT2D eigenvalue weighted by Crippen LogP contribution is 2.67. The van der Waals surface area contributed by atoms with Gasteiger partial charge in [-0.2, -0.15) is 0 Å². The van der Waals surface area contributed by atoms with E-state index in [9.17, 15) is 9.90 Å². The molecule has 124 valence electrons. The van der Waals surface area contributed by atoms with Crippen LogP contribution in [0, 0.1) is 34.5 Å². The highest BCUT2D eigenvalue weighted by Gasteiger charge is 2.65. The van der Waals surface area contributed by atoms with Crippen molar-refractivity contribution in [3.8, 4) is 0 Å². The molecule has 0 aromatic carbocycles. The van der Waals surface area contributed by atoms with E-state index in [4.69, 9.17) is 0 Å². The van der Waals surface area contributed by atoms with Crippen LogP contribution in [0.15, 0.2) is 0 Å². The number of Topliss-reactive ketones (excluding diaryl/α,β-unsaturated/α-hetero) is 1. The molecule has 2 heteroatoms. The first kappa shape index (κ1) is 15.2. The normalized spacial score (nSPS) is 57.9. The summed E-state index contributed by atoms with van der Waals surface area (Å²) in [5.41, 5.74) is -0.570. The SMILES string of the molecule is C[C@]12CCCC[C@@H]1CC[C@@H]1[C@@H]2C(=O)C[C@@]2(C)[C@H]1CC[C@@]2(C)O. The maximum absolute atomic E-state index is 13.2. The Hall–Kier alpha value is -0.370. The minimum atomic E-state index is -0.650. The second-order valence-electron chi connectivity index (χ2n) is 9.65. The summed E-state index contributed by atoms with van der Waals surface area (Å²) in [5.74, 6) is 2.65. The van der Waals surface area contributed by atoms with Crippen LogP contribution in [0.4, 0.5) is 0 Å². The molecule has 7 atom stereocenters. The molecule has 0 aromatic rings. The van der Waals surface area contributed by atoms with E-state index in [2.05, 4.69) is 13.8 Å². The van der Waals surface area contributed by atoms with Crippen LogP contribution in [0.25, 0.3) is 0 Å². The molecule has 0 unspecified atom stereocenters. The number of hydrogen-bond acceptors (Lipinski definition) is 2. The van der Waals surface area contributed by atoms with Crippen molar-refractivity contribution in [3.05, 3.63) is 0 Å². The minimum absolute atomic E-state index is 0.177. The Morgan fingerprint density at radius 3 is 2.55 bits per heavy atom. The van der Waals surface area contributed by atoms with Crippen molar-refractivity contribution < 1.29 is 9.90 Å². The molecular weight excluding hydrogens is 272 g/mol. The van der Waals surface area contributed by atoms with Crippen molar-refractivity contribution in [1.29, 1.82) is 0 Å². The van der Waals surface area contributed by atoms with E-state index in [0.29, 0.717) is 30.0 Å². The zero-order valence-corrected chi connectivity index (χ0v) is 14.5. The number of rotatable bonds is 0. The molecule has 4 fully saturated rings. The van der Waals surface area contributed by atoms with Gasteiger partial charge in [0.2, 0.25) is 0 Å². The summed E-state index contributed by atoms with van der Waals surface area (Å²) in [6, 6.07) is 0. The summed E-state index contributed by atoms with van der Waals surface area (Å²) < 4.78 is 0. The molecule has 0 spiro atoms. The van der Waals surface area contributed by atoms with Gasteiger partial charge in [0, 0.05) is 17.8 Å². The monoisotopic (exact) mass is 304 g/mol. The van der Waals surface area contributed by atoms with Crippen molar-refractivity contribution in [3.63, 3.8) is 0 Å². The van der Waals surface area contributed by atoms with Crippen LogP contribution >= 0.6 is 0 Å². The van der Waals surface area contributed by atoms with Gasteiger partial charge in [0.1, 0.15) is 5.78 Å². The van der Waals surface area contributed by atoms with Crippen LogP contribution in [-0.2, 0) is 4.79 Å². The number of carbonyl (C=O) groups excluding carboxylic acids is 1. The van der Waals surface area contributed by atoms with E-state index in [1.54, 1.807) is 0 Å². The maximum Gasteiger partial charge on any atom is 0.137 e. The van der Waals surface area contributed by atoms with Crippen molar-refractivity contribution in [2.45, 2.75) is 84.2 Å². The van der Waals surface area contributed by atoms with Crippen LogP contribution in [0.2, 0.25) is 0 Å². The molecule has 0 bridgehead atoms. The minimum Gasteiger partial charge on any atom is -0.390 e. The van der Waals surface area contributed by atoms with Crippen molar-refractivity contribution >= 4 is 5.78 Å². The second-order valence-corrected chi connectivity index (χ2v) is 9.65. The summed E-state index contributed by atoms with van der Waals surface area (Å²) in [6.45, 7) is 6.62. The maximum atomic E-state index is 13.2. The predicted octanol–water partition coefficient (Wildman–Crippen LogP) is 4.35. The summed E-state index contributed by atoms with van der Waals surface area (Å²) in [5, 5.41) is 10.9. The number of ketones is 1. The third-order valence-electron chi connectivity index (χ3n) is 8.83. The Labute approximate surface area is 135 Å². The molecule has 0 aliphatic heterocycles. The van der Waals surface area contributed by atoms with Crippen molar-refractivity contribution in [2.75, 3.05) is 0 Å². The summed E-state index contributed by atoms with van der Waals surface area (Å²) in [6.07, 6.45) is 10.4. The molecule has 4 saturated carbocycles. The number of hydrogen-bond donors (Lipinski definition) is 1. The third kappa shape index (κ3) is 1.74. The van der Waals surface area contributed by atoms with Gasteiger partial charge >= 0.3 is 0 Å². The molecule has 22 heavy (non-hydrogen) atoms. The molecule has 2 nitrogen and oxygen atoms in total. The Balaban J connectivity index is 1.73. The van der Waals surface area contributed by atoms with Crippen molar-refractivity contribution in [1.82, 2.24) is 0 Å². The van der Waals surface area contributed by atoms with E-state index in [0.717, 1.165) is 18.8 Å². The fraction of sp³-hybridized carbons (Fsp3) is 0.950. The van der Waals surface area contributed by atoms with Gasteiger partial charge in [-0.3, -0.25) is 4.79 Å². The Morgan fingerprint density at radius 1 is 1.00 bits per heavy atom. The predicted molar refractivity (Wildman–Crippen MR) is 87.4 cm³/mol. The van der Waals surface area contributed by atoms with Crippen LogP contribution in [0.5, 0.6) is 0 Å². The standard InChI is InChI=1S/C20H32O2/c1-18-10-5-4-6-13(18)7-8-14-15-9-11-20(3,22)19(15,2)12-16(21)17(14)18/h13-15,17,22H,4-12H2,1-3H3/t13-,14+,15+,17-,18+,19+,20-/m1/s1. The fourth-order valence-corrected chi connectivity index (χ4v) is 7.32. The van der Waals surface area contributed by atoms with Gasteiger partial charge in [-0.1, -0.05) is 26.7 Å². The molecule has 4 rings (SSSR count). The lowest BCUT2D eigenvalue weighted by Crippen LogP contribution is -2.59. The van der Waals surface area contributed by atoms with Crippen LogP contribution < -0.4 is 0 Å². The molecule has 4 aliphatic carbocycles. The Bertz CT molecular complexity index is 496. The highest BCUT2D eigenvalue weighted by atomic mass is 16.3. The van der Waals surface area contributed by atoms with E-state index >= 15 is 0 Å². The summed E-state index contributed by atoms with van der Waals surface area (Å²) >= 11 is 0. The van der Waals surface area contributed by atoms with E-state index < -0.39 is 5.60 Å². The summed E-state index contributed by atoms with van der Waals surface area (Å²) in [4.78, 5) is 13.2. The number of carbonyl (C=O) groups is 1. The van der Waals surface area contributed by atoms with Gasteiger partial charge in [-0.15, -0.1) is 0 Å². The Kier molecular flexibility index (Phi) is 3.16. The van der Waals surface area contributed by atoms with Gasteiger partial charge in [0.25, 0.3) is 0 Å². The van der Waals surface area contributed by atoms with E-state index in [1.807, 2.05) is 6.92 Å². The summed E-state index contributed by atoms with van der Waals surface area (Å²) in [7, 11) is 0. The lowest BCUT2D eigenvalue weighted by molar-refractivity contribution is -0.168. The van der Waals surface area contributed by atoms with E-state index in [-0.39, 0.29) is 10.8 Å². The average molecular weight is 304 g/mol. The quantitative estimate of drug-likeness (QED) is 0.722. The molecule has 1 N–H and O–H groups in total. The molecular formula is C20H32O2. The van der Waals surface area contributed by atoms with Crippen LogP contribution in [0.3, 0.4) is 0 Å². The number of aliphatic hydroxyl groups is 1. The van der Waals surface area contributed by atoms with Gasteiger partial charge in [-0.05, 0) is 68.6 Å². The largest absolute Gasteiger partial charge is 0.390 e. The van der Waals surface area contributed by atoms with Gasteiger partial charge in [-0.25, -0.2) is 0 Å². The lowest BCUT2D eigenvalue weighted by atomic mass is 9.44. The number of fused-ring (bicyclic) bond motifs is 5. The second kappa shape index (κ2) is 4.59. The third-order valence-corrected chi connectivity index (χ3v) is 8.83. The van der Waals surface area contributed by atoms with Gasteiger partial charge < -0.3 is 5.11 Å². The highest BCUT2D eigenvalue weighted by molar-refractivity contribution is 5.84. The molecule has 0 saturated heterocycles. The topological polar surface area (TPSA) is 37.3 Å². The first-order valence-electron chi connectivity index (χ1n) is 9.55. The fourth-order valence-electron chi connectivity index (χ4n) is 7.32. The molecule has 4 aliphatic rings. The molecule has 0 heterocycles. The smallest absolute Gasteiger partial charge is 0.137 e. The van der Waals surface area contributed by atoms with Crippen LogP contribution in [0.1, 0.15) is 78.6 Å². The van der Waals surface area contributed by atoms with Crippen molar-refractivity contribution in [2.24, 2.45) is 34.5 Å². The van der Waals surface area contributed by atoms with Crippen LogP contribution in [-0.4, -0.2) is 16.5 Å². The van der Waals surface area contributed by atoms with Gasteiger partial charge in [0.05, 0.1) is 5.60 Å². The van der Waals surface area contributed by atoms with Gasteiger partial charge in [0.15, 0.2) is 0 Å². The Morgan fingerprint density at radius 2 is 1.77 bits per heavy atom. The molecule has 0 amide bonds. The first-order chi connectivity index (χ1) is 10.3. The zero-order chi connectivity index (χ0) is 15.8. The molecule has 0 aromatic heterocycles. The molecule has 0 radical (unpaired) electrons. The average Bonchev–Trinajstić information content (AvgIpc) is 2.68. The zero-order valence-electron chi connectivity index (χ0n) is 14.5. The van der Waals surface area contributed by atoms with E-state index in [1.165, 1.54) is 38.5 Å². The lowest BCUT2D eigenvalue weighted by Gasteiger charge is -2.60.